The molecule has 0 aromatic carbocycles. The highest BCUT2D eigenvalue weighted by atomic mass is 16.5. The van der Waals surface area contributed by atoms with Crippen molar-refractivity contribution in [3.05, 3.63) is 0 Å². The van der Waals surface area contributed by atoms with E-state index < -0.39 is 0 Å². The van der Waals surface area contributed by atoms with Gasteiger partial charge in [-0.3, -0.25) is 9.79 Å². The number of guanidine groups is 1. The van der Waals surface area contributed by atoms with E-state index in [-0.39, 0.29) is 5.91 Å². The summed E-state index contributed by atoms with van der Waals surface area (Å²) in [6, 6.07) is 0. The van der Waals surface area contributed by atoms with Crippen LogP contribution in [0, 0.1) is 11.3 Å². The van der Waals surface area contributed by atoms with Gasteiger partial charge in [0.25, 0.3) is 0 Å². The summed E-state index contributed by atoms with van der Waals surface area (Å²) in [6.45, 7) is 5.97. The summed E-state index contributed by atoms with van der Waals surface area (Å²) in [4.78, 5) is 16.4. The Labute approximate surface area is 171 Å². The van der Waals surface area contributed by atoms with E-state index in [1.165, 1.54) is 57.8 Å². The number of aliphatic imine (C=N–C) groups is 1. The number of hydrogen-bond acceptors (Lipinski definition) is 3. The van der Waals surface area contributed by atoms with Gasteiger partial charge in [0, 0.05) is 46.3 Å². The normalized spacial score (nSPS) is 20.1. The lowest BCUT2D eigenvalue weighted by Gasteiger charge is -2.30. The number of rotatable bonds is 11. The minimum absolute atomic E-state index is 0.192. The summed E-state index contributed by atoms with van der Waals surface area (Å²) in [5, 5.41) is 9.88. The predicted molar refractivity (Wildman–Crippen MR) is 116 cm³/mol. The van der Waals surface area contributed by atoms with E-state index in [2.05, 4.69) is 27.9 Å². The lowest BCUT2D eigenvalue weighted by atomic mass is 9.83. The lowest BCUT2D eigenvalue weighted by molar-refractivity contribution is -0.122. The minimum Gasteiger partial charge on any atom is -0.382 e. The van der Waals surface area contributed by atoms with Crippen LogP contribution in [0.3, 0.4) is 0 Å². The first kappa shape index (κ1) is 23.0. The molecule has 2 aliphatic carbocycles. The molecule has 0 spiro atoms. The van der Waals surface area contributed by atoms with Crippen molar-refractivity contribution in [2.24, 2.45) is 16.3 Å². The molecule has 2 fully saturated rings. The largest absolute Gasteiger partial charge is 0.382 e. The number of ether oxygens (including phenoxy) is 1. The van der Waals surface area contributed by atoms with Gasteiger partial charge in [-0.1, -0.05) is 32.1 Å². The van der Waals surface area contributed by atoms with E-state index in [1.807, 2.05) is 0 Å². The fourth-order valence-electron chi connectivity index (χ4n) is 4.67. The van der Waals surface area contributed by atoms with Crippen LogP contribution in [0.4, 0.5) is 0 Å². The molecule has 162 valence electrons. The van der Waals surface area contributed by atoms with Crippen molar-refractivity contribution in [1.82, 2.24) is 16.0 Å². The third-order valence-electron chi connectivity index (χ3n) is 6.44. The van der Waals surface area contributed by atoms with Crippen LogP contribution in [-0.4, -0.2) is 51.8 Å². The summed E-state index contributed by atoms with van der Waals surface area (Å²) < 4.78 is 5.60. The third-order valence-corrected chi connectivity index (χ3v) is 6.44. The van der Waals surface area contributed by atoms with Crippen molar-refractivity contribution < 1.29 is 9.53 Å². The van der Waals surface area contributed by atoms with Gasteiger partial charge in [-0.15, -0.1) is 0 Å². The molecule has 0 aromatic heterocycles. The second-order valence-corrected chi connectivity index (χ2v) is 8.56. The quantitative estimate of drug-likeness (QED) is 0.286. The van der Waals surface area contributed by atoms with E-state index in [0.717, 1.165) is 32.1 Å². The average Bonchev–Trinajstić information content (AvgIpc) is 3.17. The van der Waals surface area contributed by atoms with E-state index in [9.17, 15) is 4.79 Å². The Hall–Kier alpha value is -1.30. The van der Waals surface area contributed by atoms with Crippen LogP contribution in [0.25, 0.3) is 0 Å². The molecule has 0 saturated heterocycles. The van der Waals surface area contributed by atoms with Crippen molar-refractivity contribution in [2.75, 3.05) is 39.9 Å². The van der Waals surface area contributed by atoms with Crippen molar-refractivity contribution in [1.29, 1.82) is 0 Å². The molecule has 0 heterocycles. The highest BCUT2D eigenvalue weighted by Gasteiger charge is 2.33. The molecule has 28 heavy (non-hydrogen) atoms. The van der Waals surface area contributed by atoms with Crippen LogP contribution < -0.4 is 16.0 Å². The van der Waals surface area contributed by atoms with Gasteiger partial charge in [0.2, 0.25) is 5.91 Å². The van der Waals surface area contributed by atoms with Gasteiger partial charge in [0.15, 0.2) is 5.96 Å². The number of nitrogens with zero attached hydrogens (tertiary/aromatic N) is 1. The van der Waals surface area contributed by atoms with E-state index in [0.29, 0.717) is 30.8 Å². The molecule has 1 amide bonds. The molecule has 0 bridgehead atoms. The summed E-state index contributed by atoms with van der Waals surface area (Å²) in [7, 11) is 1.80. The molecule has 0 aromatic rings. The first-order valence-electron chi connectivity index (χ1n) is 11.5. The minimum atomic E-state index is 0.192. The van der Waals surface area contributed by atoms with Crippen molar-refractivity contribution in [3.63, 3.8) is 0 Å². The Morgan fingerprint density at radius 1 is 1.04 bits per heavy atom. The van der Waals surface area contributed by atoms with Crippen LogP contribution >= 0.6 is 0 Å². The molecule has 0 unspecified atom stereocenters. The molecule has 2 rings (SSSR count). The van der Waals surface area contributed by atoms with Crippen molar-refractivity contribution >= 4 is 11.9 Å². The van der Waals surface area contributed by atoms with Gasteiger partial charge < -0.3 is 20.7 Å². The smallest absolute Gasteiger partial charge is 0.220 e. The van der Waals surface area contributed by atoms with Crippen molar-refractivity contribution in [2.45, 2.75) is 77.6 Å². The summed E-state index contributed by atoms with van der Waals surface area (Å²) in [5.74, 6) is 1.61. The SMILES string of the molecule is CCOCCC1(CNC(=NC)NCCNC(=O)CC2CCCCC2)CCCC1. The predicted octanol–water partition coefficient (Wildman–Crippen LogP) is 3.23. The highest BCUT2D eigenvalue weighted by Crippen LogP contribution is 2.40. The molecule has 2 saturated carbocycles. The Morgan fingerprint density at radius 2 is 1.75 bits per heavy atom. The molecule has 3 N–H and O–H groups in total. The van der Waals surface area contributed by atoms with E-state index in [1.54, 1.807) is 7.05 Å². The number of amides is 1. The summed E-state index contributed by atoms with van der Waals surface area (Å²) in [5.41, 5.74) is 0.334. The van der Waals surface area contributed by atoms with Gasteiger partial charge in [-0.2, -0.15) is 0 Å². The average molecular weight is 395 g/mol. The standard InChI is InChI=1S/C22H42N4O2/c1-3-28-16-13-22(11-7-8-12-22)18-26-21(23-2)25-15-14-24-20(27)17-19-9-5-4-6-10-19/h19H,3-18H2,1-2H3,(H,24,27)(H2,23,25,26). The van der Waals surface area contributed by atoms with Crippen LogP contribution in [0.1, 0.15) is 77.6 Å². The van der Waals surface area contributed by atoms with E-state index in [4.69, 9.17) is 4.74 Å². The zero-order valence-electron chi connectivity index (χ0n) is 18.2. The van der Waals surface area contributed by atoms with Gasteiger partial charge in [0.1, 0.15) is 0 Å². The maximum Gasteiger partial charge on any atom is 0.220 e. The Balaban J connectivity index is 1.61. The zero-order valence-corrected chi connectivity index (χ0v) is 18.2. The van der Waals surface area contributed by atoms with Crippen LogP contribution in [0.5, 0.6) is 0 Å². The highest BCUT2D eigenvalue weighted by molar-refractivity contribution is 5.80. The summed E-state index contributed by atoms with van der Waals surface area (Å²) >= 11 is 0. The lowest BCUT2D eigenvalue weighted by Crippen LogP contribution is -2.45. The number of carbonyl (C=O) groups excluding carboxylic acids is 1. The van der Waals surface area contributed by atoms with Gasteiger partial charge >= 0.3 is 0 Å². The van der Waals surface area contributed by atoms with Crippen LogP contribution in [0.2, 0.25) is 0 Å². The summed E-state index contributed by atoms with van der Waals surface area (Å²) in [6.07, 6.45) is 13.3. The Bertz CT molecular complexity index is 469. The first-order valence-corrected chi connectivity index (χ1v) is 11.5. The number of hydrogen-bond donors (Lipinski definition) is 3. The van der Waals surface area contributed by atoms with Crippen LogP contribution in [-0.2, 0) is 9.53 Å². The molecular formula is C22H42N4O2. The fraction of sp³-hybridized carbons (Fsp3) is 0.909. The topological polar surface area (TPSA) is 74.8 Å². The van der Waals surface area contributed by atoms with Crippen molar-refractivity contribution in [3.8, 4) is 0 Å². The van der Waals surface area contributed by atoms with Gasteiger partial charge in [-0.25, -0.2) is 0 Å². The zero-order chi connectivity index (χ0) is 20.1. The molecule has 6 nitrogen and oxygen atoms in total. The van der Waals surface area contributed by atoms with Gasteiger partial charge in [0.05, 0.1) is 0 Å². The molecule has 0 radical (unpaired) electrons. The second kappa shape index (κ2) is 13.0. The number of carbonyl (C=O) groups is 1. The van der Waals surface area contributed by atoms with E-state index >= 15 is 0 Å². The molecule has 6 heteroatoms. The molecular weight excluding hydrogens is 352 g/mol. The third kappa shape index (κ3) is 8.38. The van der Waals surface area contributed by atoms with Crippen LogP contribution in [0.15, 0.2) is 4.99 Å². The maximum absolute atomic E-state index is 12.1. The number of nitrogens with one attached hydrogen (secondary N) is 3. The first-order chi connectivity index (χ1) is 13.7. The maximum atomic E-state index is 12.1. The monoisotopic (exact) mass is 394 g/mol. The Morgan fingerprint density at radius 3 is 2.43 bits per heavy atom. The second-order valence-electron chi connectivity index (χ2n) is 8.56. The fourth-order valence-corrected chi connectivity index (χ4v) is 4.67. The molecule has 2 aliphatic rings. The molecule has 0 atom stereocenters. The van der Waals surface area contributed by atoms with Gasteiger partial charge in [-0.05, 0) is 50.4 Å². The Kier molecular flexibility index (Phi) is 10.7. The molecule has 0 aliphatic heterocycles.